The van der Waals surface area contributed by atoms with E-state index in [4.69, 9.17) is 4.74 Å². The Kier molecular flexibility index (Phi) is 5.38. The van der Waals surface area contributed by atoms with Crippen LogP contribution in [0.1, 0.15) is 5.56 Å². The van der Waals surface area contributed by atoms with Gasteiger partial charge in [-0.1, -0.05) is 18.2 Å². The Hall–Kier alpha value is -4.00. The smallest absolute Gasteiger partial charge is 0.273 e. The van der Waals surface area contributed by atoms with Gasteiger partial charge in [0.25, 0.3) is 11.2 Å². The normalized spacial score (nSPS) is 14.5. The fourth-order valence-electron chi connectivity index (χ4n) is 4.46. The van der Waals surface area contributed by atoms with Crippen LogP contribution >= 0.6 is 0 Å². The molecule has 1 saturated heterocycles. The molecule has 0 atom stereocenters. The summed E-state index contributed by atoms with van der Waals surface area (Å²) in [7, 11) is 0. The zero-order valence-electron chi connectivity index (χ0n) is 17.8. The SMILES string of the molecule is N#Cc1cc2c(c3ccccc3n2CCN2CCOCC2)n(-c2ccc([N+](=O)[O-])cc2)c1=O. The van der Waals surface area contributed by atoms with Crippen molar-refractivity contribution in [3.8, 4) is 11.8 Å². The number of morpholine rings is 1. The van der Waals surface area contributed by atoms with Gasteiger partial charge >= 0.3 is 0 Å². The molecule has 0 spiro atoms. The van der Waals surface area contributed by atoms with Crippen molar-refractivity contribution in [2.24, 2.45) is 0 Å². The molecule has 9 nitrogen and oxygen atoms in total. The lowest BCUT2D eigenvalue weighted by Gasteiger charge is -2.26. The van der Waals surface area contributed by atoms with E-state index >= 15 is 0 Å². The molecule has 9 heteroatoms. The summed E-state index contributed by atoms with van der Waals surface area (Å²) >= 11 is 0. The van der Waals surface area contributed by atoms with Crippen LogP contribution in [-0.2, 0) is 11.3 Å². The molecular formula is C24H21N5O4. The van der Waals surface area contributed by atoms with Crippen molar-refractivity contribution in [1.29, 1.82) is 5.26 Å². The Bertz CT molecular complexity index is 1460. The largest absolute Gasteiger partial charge is 0.379 e. The van der Waals surface area contributed by atoms with Crippen LogP contribution < -0.4 is 5.56 Å². The van der Waals surface area contributed by atoms with Crippen LogP contribution in [0.15, 0.2) is 59.4 Å². The van der Waals surface area contributed by atoms with E-state index in [0.29, 0.717) is 31.0 Å². The van der Waals surface area contributed by atoms with Crippen LogP contribution in [0.4, 0.5) is 5.69 Å². The highest BCUT2D eigenvalue weighted by Gasteiger charge is 2.20. The summed E-state index contributed by atoms with van der Waals surface area (Å²) < 4.78 is 9.08. The van der Waals surface area contributed by atoms with Crippen molar-refractivity contribution in [2.75, 3.05) is 32.8 Å². The average molecular weight is 443 g/mol. The lowest BCUT2D eigenvalue weighted by Crippen LogP contribution is -2.38. The molecule has 1 aliphatic heterocycles. The van der Waals surface area contributed by atoms with Crippen LogP contribution in [0.2, 0.25) is 0 Å². The molecule has 0 unspecified atom stereocenters. The van der Waals surface area contributed by atoms with E-state index in [2.05, 4.69) is 9.47 Å². The number of ether oxygens (including phenoxy) is 1. The zero-order valence-corrected chi connectivity index (χ0v) is 17.8. The molecule has 4 aromatic rings. The average Bonchev–Trinajstić information content (AvgIpc) is 3.16. The molecule has 0 radical (unpaired) electrons. The van der Waals surface area contributed by atoms with Crippen LogP contribution in [-0.4, -0.2) is 51.8 Å². The molecule has 166 valence electrons. The number of non-ortho nitro benzene ring substituents is 1. The van der Waals surface area contributed by atoms with Gasteiger partial charge in [-0.3, -0.25) is 24.4 Å². The third-order valence-corrected chi connectivity index (χ3v) is 6.10. The third kappa shape index (κ3) is 3.65. The first-order chi connectivity index (χ1) is 16.1. The first kappa shape index (κ1) is 20.9. The molecule has 1 fully saturated rings. The number of nitriles is 1. The maximum atomic E-state index is 13.3. The highest BCUT2D eigenvalue weighted by atomic mass is 16.6. The van der Waals surface area contributed by atoms with E-state index in [1.165, 1.54) is 16.7 Å². The van der Waals surface area contributed by atoms with Gasteiger partial charge in [0.15, 0.2) is 0 Å². The van der Waals surface area contributed by atoms with Crippen molar-refractivity contribution in [1.82, 2.24) is 14.0 Å². The Morgan fingerprint density at radius 1 is 1.03 bits per heavy atom. The molecule has 1 aliphatic rings. The number of aromatic nitrogens is 2. The summed E-state index contributed by atoms with van der Waals surface area (Å²) in [5, 5.41) is 21.7. The summed E-state index contributed by atoms with van der Waals surface area (Å²) in [6.45, 7) is 4.67. The lowest BCUT2D eigenvalue weighted by molar-refractivity contribution is -0.384. The van der Waals surface area contributed by atoms with Crippen LogP contribution in [0.25, 0.3) is 27.6 Å². The fourth-order valence-corrected chi connectivity index (χ4v) is 4.46. The van der Waals surface area contributed by atoms with Gasteiger partial charge in [-0.05, 0) is 24.3 Å². The van der Waals surface area contributed by atoms with E-state index < -0.39 is 10.5 Å². The molecule has 0 N–H and O–H groups in total. The number of nitro benzene ring substituents is 1. The minimum atomic E-state index is -0.481. The second kappa shape index (κ2) is 8.50. The number of nitrogens with zero attached hydrogens (tertiary/aromatic N) is 5. The van der Waals surface area contributed by atoms with Gasteiger partial charge in [-0.2, -0.15) is 5.26 Å². The van der Waals surface area contributed by atoms with Gasteiger partial charge in [0.1, 0.15) is 11.6 Å². The van der Waals surface area contributed by atoms with E-state index in [1.807, 2.05) is 30.3 Å². The standard InChI is InChI=1S/C24H21N5O4/c25-16-17-15-22-23(28(24(17)30)18-5-7-19(8-6-18)29(31)32)20-3-1-2-4-21(20)27(22)10-9-26-11-13-33-14-12-26/h1-8,15H,9-14H2. The van der Waals surface area contributed by atoms with Gasteiger partial charge in [0, 0.05) is 49.4 Å². The van der Waals surface area contributed by atoms with Crippen LogP contribution in [0.5, 0.6) is 0 Å². The van der Waals surface area contributed by atoms with Crippen molar-refractivity contribution in [3.63, 3.8) is 0 Å². The minimum Gasteiger partial charge on any atom is -0.379 e. The van der Waals surface area contributed by atoms with Crippen molar-refractivity contribution < 1.29 is 9.66 Å². The second-order valence-electron chi connectivity index (χ2n) is 7.94. The molecule has 5 rings (SSSR count). The summed E-state index contributed by atoms with van der Waals surface area (Å²) in [4.78, 5) is 26.2. The number of benzene rings is 2. The van der Waals surface area contributed by atoms with Gasteiger partial charge < -0.3 is 9.30 Å². The molecular weight excluding hydrogens is 422 g/mol. The topological polar surface area (TPSA) is 106 Å². The first-order valence-electron chi connectivity index (χ1n) is 10.7. The number of hydrogen-bond donors (Lipinski definition) is 0. The number of fused-ring (bicyclic) bond motifs is 3. The number of nitro groups is 1. The molecule has 0 saturated carbocycles. The number of para-hydroxylation sites is 1. The van der Waals surface area contributed by atoms with E-state index in [1.54, 1.807) is 18.2 Å². The Morgan fingerprint density at radius 2 is 1.76 bits per heavy atom. The molecule has 0 aliphatic carbocycles. The van der Waals surface area contributed by atoms with Gasteiger partial charge in [0.2, 0.25) is 0 Å². The minimum absolute atomic E-state index is 0.0243. The van der Waals surface area contributed by atoms with E-state index in [-0.39, 0.29) is 11.3 Å². The van der Waals surface area contributed by atoms with Crippen LogP contribution in [0, 0.1) is 21.4 Å². The molecule has 0 amide bonds. The quantitative estimate of drug-likeness (QED) is 0.347. The van der Waals surface area contributed by atoms with Gasteiger partial charge in [-0.25, -0.2) is 0 Å². The predicted molar refractivity (Wildman–Crippen MR) is 124 cm³/mol. The summed E-state index contributed by atoms with van der Waals surface area (Å²) in [6.07, 6.45) is 0. The third-order valence-electron chi connectivity index (χ3n) is 6.10. The van der Waals surface area contributed by atoms with Gasteiger partial charge in [0.05, 0.1) is 34.7 Å². The van der Waals surface area contributed by atoms with Crippen molar-refractivity contribution in [3.05, 3.63) is 80.6 Å². The van der Waals surface area contributed by atoms with Crippen LogP contribution in [0.3, 0.4) is 0 Å². The summed E-state index contributed by atoms with van der Waals surface area (Å²) in [5.74, 6) is 0. The molecule has 2 aromatic heterocycles. The lowest BCUT2D eigenvalue weighted by atomic mass is 10.2. The number of rotatable bonds is 5. The Morgan fingerprint density at radius 3 is 2.45 bits per heavy atom. The van der Waals surface area contributed by atoms with Crippen molar-refractivity contribution in [2.45, 2.75) is 6.54 Å². The maximum absolute atomic E-state index is 13.3. The van der Waals surface area contributed by atoms with Gasteiger partial charge in [-0.15, -0.1) is 0 Å². The van der Waals surface area contributed by atoms with E-state index in [0.717, 1.165) is 36.1 Å². The fraction of sp³-hybridized carbons (Fsp3) is 0.250. The molecule has 3 heterocycles. The predicted octanol–water partition coefficient (Wildman–Crippen LogP) is 3.06. The highest BCUT2D eigenvalue weighted by molar-refractivity contribution is 6.07. The Balaban J connectivity index is 1.73. The molecule has 2 aromatic carbocycles. The molecule has 33 heavy (non-hydrogen) atoms. The maximum Gasteiger partial charge on any atom is 0.273 e. The second-order valence-corrected chi connectivity index (χ2v) is 7.94. The number of hydrogen-bond acceptors (Lipinski definition) is 6. The summed E-state index contributed by atoms with van der Waals surface area (Å²) in [6, 6.07) is 17.3. The monoisotopic (exact) mass is 443 g/mol. The number of pyridine rings is 1. The Labute approximate surface area is 188 Å². The van der Waals surface area contributed by atoms with E-state index in [9.17, 15) is 20.2 Å². The molecule has 0 bridgehead atoms. The summed E-state index contributed by atoms with van der Waals surface area (Å²) in [5.41, 5.74) is 2.41. The highest BCUT2D eigenvalue weighted by Crippen LogP contribution is 2.30. The first-order valence-corrected chi connectivity index (χ1v) is 10.7. The zero-order chi connectivity index (χ0) is 22.9. The van der Waals surface area contributed by atoms with Crippen molar-refractivity contribution >= 4 is 27.6 Å².